The van der Waals surface area contributed by atoms with Gasteiger partial charge < -0.3 is 9.57 Å². The van der Waals surface area contributed by atoms with Gasteiger partial charge in [0.15, 0.2) is 5.69 Å². The second-order valence-corrected chi connectivity index (χ2v) is 4.56. The number of aromatic nitrogens is 2. The third-order valence-electron chi connectivity index (χ3n) is 3.22. The summed E-state index contributed by atoms with van der Waals surface area (Å²) in [5, 5.41) is 11.5. The molecular weight excluding hydrogens is 274 g/mol. The molecule has 1 heterocycles. The molecule has 0 radical (unpaired) electrons. The van der Waals surface area contributed by atoms with E-state index >= 15 is 0 Å². The molecule has 0 saturated heterocycles. The fourth-order valence-corrected chi connectivity index (χ4v) is 2.10. The summed E-state index contributed by atoms with van der Waals surface area (Å²) in [6, 6.07) is 6.60. The predicted molar refractivity (Wildman–Crippen MR) is 72.2 cm³/mol. The second-order valence-electron chi connectivity index (χ2n) is 4.56. The molecule has 7 heteroatoms. The van der Waals surface area contributed by atoms with Crippen LogP contribution in [0.5, 0.6) is 5.75 Å². The topological polar surface area (TPSA) is 86.8 Å². The number of ether oxygens (including phenoxy) is 1. The van der Waals surface area contributed by atoms with E-state index in [0.29, 0.717) is 29.1 Å². The highest BCUT2D eigenvalue weighted by molar-refractivity contribution is 6.00. The average molecular weight is 287 g/mol. The summed E-state index contributed by atoms with van der Waals surface area (Å²) in [5.41, 5.74) is 2.30. The molecule has 0 unspecified atom stereocenters. The van der Waals surface area contributed by atoms with Crippen LogP contribution in [0.25, 0.3) is 0 Å². The molecule has 0 saturated carbocycles. The Balaban J connectivity index is 1.72. The van der Waals surface area contributed by atoms with Gasteiger partial charge in [-0.2, -0.15) is 0 Å². The Morgan fingerprint density at radius 1 is 1.24 bits per heavy atom. The highest BCUT2D eigenvalue weighted by Gasteiger charge is 2.22. The van der Waals surface area contributed by atoms with Gasteiger partial charge in [0, 0.05) is 0 Å². The van der Waals surface area contributed by atoms with Gasteiger partial charge in [-0.05, 0) is 48.7 Å². The van der Waals surface area contributed by atoms with Gasteiger partial charge in [0.2, 0.25) is 0 Å². The lowest BCUT2D eigenvalue weighted by Gasteiger charge is -2.08. The number of fused-ring (bicyclic) bond motifs is 1. The molecule has 0 N–H and O–H groups in total. The maximum atomic E-state index is 11.9. The molecule has 108 valence electrons. The summed E-state index contributed by atoms with van der Waals surface area (Å²) in [6.45, 7) is 0. The van der Waals surface area contributed by atoms with Gasteiger partial charge in [-0.3, -0.25) is 0 Å². The van der Waals surface area contributed by atoms with Crippen molar-refractivity contribution in [3.05, 3.63) is 41.2 Å². The first-order valence-corrected chi connectivity index (χ1v) is 6.52. The molecule has 1 aromatic carbocycles. The molecule has 0 amide bonds. The van der Waals surface area contributed by atoms with Crippen molar-refractivity contribution in [3.8, 4) is 5.75 Å². The zero-order valence-corrected chi connectivity index (χ0v) is 11.4. The molecule has 0 fully saturated rings. The van der Waals surface area contributed by atoms with Crippen molar-refractivity contribution in [2.24, 2.45) is 5.16 Å². The number of hydrogen-bond acceptors (Lipinski definition) is 7. The van der Waals surface area contributed by atoms with Crippen LogP contribution in [0, 0.1) is 0 Å². The Kier molecular flexibility index (Phi) is 3.63. The van der Waals surface area contributed by atoms with E-state index in [-0.39, 0.29) is 0 Å². The third-order valence-corrected chi connectivity index (χ3v) is 3.22. The van der Waals surface area contributed by atoms with Crippen molar-refractivity contribution in [1.29, 1.82) is 0 Å². The summed E-state index contributed by atoms with van der Waals surface area (Å²) in [4.78, 5) is 16.9. The van der Waals surface area contributed by atoms with Crippen LogP contribution in [-0.4, -0.2) is 29.1 Å². The lowest BCUT2D eigenvalue weighted by molar-refractivity contribution is 0.0515. The number of oxime groups is 1. The first-order chi connectivity index (χ1) is 10.3. The molecule has 0 bridgehead atoms. The van der Waals surface area contributed by atoms with Crippen molar-refractivity contribution in [1.82, 2.24) is 10.3 Å². The predicted octanol–water partition coefficient (Wildman–Crippen LogP) is 1.98. The highest BCUT2D eigenvalue weighted by atomic mass is 16.7. The Morgan fingerprint density at radius 2 is 2.05 bits per heavy atom. The lowest BCUT2D eigenvalue weighted by atomic mass is 9.99. The molecule has 0 atom stereocenters. The summed E-state index contributed by atoms with van der Waals surface area (Å²) in [6.07, 6.45) is 2.35. The number of carbonyl (C=O) groups excluding carboxylic acids is 1. The van der Waals surface area contributed by atoms with Gasteiger partial charge in [0.25, 0.3) is 0 Å². The van der Waals surface area contributed by atoms with Gasteiger partial charge in [0.05, 0.1) is 12.7 Å². The van der Waals surface area contributed by atoms with E-state index in [9.17, 15) is 4.79 Å². The largest absolute Gasteiger partial charge is 0.497 e. The van der Waals surface area contributed by atoms with Crippen LogP contribution in [0.4, 0.5) is 0 Å². The van der Waals surface area contributed by atoms with E-state index in [2.05, 4.69) is 20.1 Å². The lowest BCUT2D eigenvalue weighted by Crippen LogP contribution is -2.13. The minimum atomic E-state index is -0.534. The number of methoxy groups -OCH3 is 1. The van der Waals surface area contributed by atoms with Crippen LogP contribution in [-0.2, 0) is 11.3 Å². The fraction of sp³-hybridized carbons (Fsp3) is 0.286. The van der Waals surface area contributed by atoms with Crippen molar-refractivity contribution in [2.75, 3.05) is 7.11 Å². The Hall–Kier alpha value is -2.70. The second kappa shape index (κ2) is 5.74. The number of aryl methyl sites for hydroxylation is 1. The minimum absolute atomic E-state index is 0.398. The summed E-state index contributed by atoms with van der Waals surface area (Å²) >= 11 is 0. The highest BCUT2D eigenvalue weighted by Crippen LogP contribution is 2.19. The molecule has 2 aromatic rings. The van der Waals surface area contributed by atoms with Gasteiger partial charge in [0.1, 0.15) is 17.2 Å². The van der Waals surface area contributed by atoms with Crippen molar-refractivity contribution in [3.63, 3.8) is 0 Å². The van der Waals surface area contributed by atoms with E-state index < -0.39 is 5.97 Å². The third kappa shape index (κ3) is 2.76. The number of benzene rings is 1. The zero-order valence-electron chi connectivity index (χ0n) is 11.4. The SMILES string of the molecule is COc1ccc(C(=O)ON=C2CCCc3nonc32)cc1. The van der Waals surface area contributed by atoms with E-state index in [4.69, 9.17) is 9.57 Å². The molecule has 3 rings (SSSR count). The van der Waals surface area contributed by atoms with E-state index in [1.165, 1.54) is 0 Å². The van der Waals surface area contributed by atoms with Gasteiger partial charge in [-0.25, -0.2) is 9.42 Å². The quantitative estimate of drug-likeness (QED) is 0.633. The molecule has 1 aliphatic rings. The summed E-state index contributed by atoms with van der Waals surface area (Å²) in [7, 11) is 1.56. The van der Waals surface area contributed by atoms with Crippen LogP contribution in [0.1, 0.15) is 34.6 Å². The van der Waals surface area contributed by atoms with E-state index in [1.807, 2.05) is 0 Å². The van der Waals surface area contributed by atoms with Crippen molar-refractivity contribution >= 4 is 11.7 Å². The minimum Gasteiger partial charge on any atom is -0.497 e. The van der Waals surface area contributed by atoms with Crippen LogP contribution < -0.4 is 4.74 Å². The van der Waals surface area contributed by atoms with Crippen LogP contribution >= 0.6 is 0 Å². The Bertz CT molecular complexity index is 676. The number of carbonyl (C=O) groups is 1. The van der Waals surface area contributed by atoms with Crippen LogP contribution in [0.15, 0.2) is 34.1 Å². The Morgan fingerprint density at radius 3 is 2.81 bits per heavy atom. The average Bonchev–Trinajstić information content (AvgIpc) is 3.02. The van der Waals surface area contributed by atoms with E-state index in [1.54, 1.807) is 31.4 Å². The van der Waals surface area contributed by atoms with Crippen LogP contribution in [0.2, 0.25) is 0 Å². The molecule has 21 heavy (non-hydrogen) atoms. The summed E-state index contributed by atoms with van der Waals surface area (Å²) < 4.78 is 9.71. The first kappa shape index (κ1) is 13.3. The van der Waals surface area contributed by atoms with Gasteiger partial charge >= 0.3 is 5.97 Å². The Labute approximate surface area is 120 Å². The van der Waals surface area contributed by atoms with E-state index in [0.717, 1.165) is 18.5 Å². The standard InChI is InChI=1S/C14H13N3O4/c1-19-10-7-5-9(6-8-10)14(18)20-15-11-3-2-4-12-13(11)17-21-16-12/h5-8H,2-4H2,1H3. The van der Waals surface area contributed by atoms with Gasteiger partial charge in [-0.15, -0.1) is 0 Å². The molecule has 7 nitrogen and oxygen atoms in total. The molecular formula is C14H13N3O4. The molecule has 1 aliphatic carbocycles. The van der Waals surface area contributed by atoms with Crippen molar-refractivity contribution < 1.29 is 19.0 Å². The smallest absolute Gasteiger partial charge is 0.365 e. The van der Waals surface area contributed by atoms with Gasteiger partial charge in [-0.1, -0.05) is 10.3 Å². The normalized spacial score (nSPS) is 15.6. The number of hydrogen-bond donors (Lipinski definition) is 0. The molecule has 0 aliphatic heterocycles. The monoisotopic (exact) mass is 287 g/mol. The summed E-state index contributed by atoms with van der Waals surface area (Å²) in [5.74, 6) is 0.136. The fourth-order valence-electron chi connectivity index (χ4n) is 2.10. The maximum absolute atomic E-state index is 11.9. The molecule has 1 aromatic heterocycles. The number of rotatable bonds is 3. The number of nitrogens with zero attached hydrogens (tertiary/aromatic N) is 3. The first-order valence-electron chi connectivity index (χ1n) is 6.52. The maximum Gasteiger partial charge on any atom is 0.365 e. The van der Waals surface area contributed by atoms with Crippen LogP contribution in [0.3, 0.4) is 0 Å². The molecule has 0 spiro atoms. The van der Waals surface area contributed by atoms with Crippen molar-refractivity contribution in [2.45, 2.75) is 19.3 Å². The zero-order chi connectivity index (χ0) is 14.7.